The summed E-state index contributed by atoms with van der Waals surface area (Å²) >= 11 is 0. The van der Waals surface area contributed by atoms with Gasteiger partial charge in [0.25, 0.3) is 0 Å². The van der Waals surface area contributed by atoms with Crippen LogP contribution in [0.25, 0.3) is 0 Å². The van der Waals surface area contributed by atoms with Crippen LogP contribution in [0.4, 0.5) is 0 Å². The molecule has 0 fully saturated rings. The van der Waals surface area contributed by atoms with Crippen molar-refractivity contribution in [2.45, 2.75) is 26.3 Å². The predicted octanol–water partition coefficient (Wildman–Crippen LogP) is -0.00460. The van der Waals surface area contributed by atoms with Crippen LogP contribution in [0.1, 0.15) is 25.6 Å². The molecule has 0 aliphatic carbocycles. The molecule has 60 valence electrons. The second-order valence-corrected chi connectivity index (χ2v) is 2.52. The minimum absolute atomic E-state index is 0.180. The van der Waals surface area contributed by atoms with E-state index in [1.807, 2.05) is 13.8 Å². The van der Waals surface area contributed by atoms with Gasteiger partial charge in [-0.2, -0.15) is 4.80 Å². The van der Waals surface area contributed by atoms with Crippen molar-refractivity contribution in [3.8, 4) is 0 Å². The maximum Gasteiger partial charge on any atom is 0.177 e. The molecule has 0 aliphatic rings. The summed E-state index contributed by atoms with van der Waals surface area (Å²) in [7, 11) is 0. The molecular formula is C6H10N4O. The summed E-state index contributed by atoms with van der Waals surface area (Å²) in [6, 6.07) is 0. The van der Waals surface area contributed by atoms with Crippen molar-refractivity contribution in [3.63, 3.8) is 0 Å². The summed E-state index contributed by atoms with van der Waals surface area (Å²) in [6.07, 6.45) is 0.742. The first-order valence-electron chi connectivity index (χ1n) is 3.45. The lowest BCUT2D eigenvalue weighted by Crippen LogP contribution is -2.03. The number of aromatic nitrogens is 4. The van der Waals surface area contributed by atoms with Crippen LogP contribution in [0.5, 0.6) is 0 Å². The number of rotatable bonds is 3. The molecule has 0 bridgehead atoms. The molecular weight excluding hydrogens is 144 g/mol. The topological polar surface area (TPSA) is 60.7 Å². The van der Waals surface area contributed by atoms with Crippen molar-refractivity contribution >= 4 is 6.29 Å². The average molecular weight is 154 g/mol. The van der Waals surface area contributed by atoms with Crippen molar-refractivity contribution in [2.24, 2.45) is 0 Å². The summed E-state index contributed by atoms with van der Waals surface area (Å²) in [5, 5.41) is 11.4. The zero-order valence-electron chi connectivity index (χ0n) is 6.56. The lowest BCUT2D eigenvalue weighted by molar-refractivity contribution is -0.108. The fraction of sp³-hybridized carbons (Fsp3) is 0.667. The summed E-state index contributed by atoms with van der Waals surface area (Å²) in [6.45, 7) is 4.13. The zero-order chi connectivity index (χ0) is 8.27. The van der Waals surface area contributed by atoms with E-state index in [4.69, 9.17) is 0 Å². The van der Waals surface area contributed by atoms with E-state index in [-0.39, 0.29) is 12.5 Å². The van der Waals surface area contributed by atoms with Crippen LogP contribution in [0.15, 0.2) is 0 Å². The minimum atomic E-state index is 0.180. The second-order valence-electron chi connectivity index (χ2n) is 2.52. The summed E-state index contributed by atoms with van der Waals surface area (Å²) in [5.41, 5.74) is 0. The molecule has 0 aromatic carbocycles. The molecule has 0 saturated heterocycles. The van der Waals surface area contributed by atoms with Gasteiger partial charge in [0.2, 0.25) is 0 Å². The normalized spacial score (nSPS) is 10.5. The van der Waals surface area contributed by atoms with Crippen molar-refractivity contribution in [1.82, 2.24) is 20.2 Å². The van der Waals surface area contributed by atoms with E-state index >= 15 is 0 Å². The first-order valence-corrected chi connectivity index (χ1v) is 3.45. The van der Waals surface area contributed by atoms with Gasteiger partial charge in [0.05, 0.1) is 0 Å². The summed E-state index contributed by atoms with van der Waals surface area (Å²) in [4.78, 5) is 11.3. The molecule has 5 nitrogen and oxygen atoms in total. The SMILES string of the molecule is CC(C)c1nnn(CC=O)n1. The Labute approximate surface area is 64.4 Å². The van der Waals surface area contributed by atoms with Gasteiger partial charge in [-0.05, 0) is 5.21 Å². The Balaban J connectivity index is 2.73. The van der Waals surface area contributed by atoms with E-state index in [9.17, 15) is 4.79 Å². The average Bonchev–Trinajstić information content (AvgIpc) is 2.37. The smallest absolute Gasteiger partial charge is 0.177 e. The van der Waals surface area contributed by atoms with Crippen LogP contribution in [-0.2, 0) is 11.3 Å². The molecule has 0 radical (unpaired) electrons. The Bertz CT molecular complexity index is 242. The monoisotopic (exact) mass is 154 g/mol. The van der Waals surface area contributed by atoms with Gasteiger partial charge >= 0.3 is 0 Å². The summed E-state index contributed by atoms with van der Waals surface area (Å²) < 4.78 is 0. The van der Waals surface area contributed by atoms with Crippen molar-refractivity contribution in [3.05, 3.63) is 5.82 Å². The first kappa shape index (κ1) is 7.84. The van der Waals surface area contributed by atoms with Crippen LogP contribution < -0.4 is 0 Å². The Morgan fingerprint density at radius 1 is 1.64 bits per heavy atom. The molecule has 11 heavy (non-hydrogen) atoms. The third kappa shape index (κ3) is 1.83. The highest BCUT2D eigenvalue weighted by Gasteiger charge is 2.05. The molecule has 0 aliphatic heterocycles. The van der Waals surface area contributed by atoms with Crippen molar-refractivity contribution in [2.75, 3.05) is 0 Å². The second kappa shape index (κ2) is 3.23. The number of aldehydes is 1. The molecule has 0 N–H and O–H groups in total. The number of tetrazole rings is 1. The van der Waals surface area contributed by atoms with E-state index in [0.29, 0.717) is 5.82 Å². The van der Waals surface area contributed by atoms with E-state index in [1.54, 1.807) is 0 Å². The molecule has 0 atom stereocenters. The molecule has 1 aromatic heterocycles. The van der Waals surface area contributed by atoms with Crippen molar-refractivity contribution in [1.29, 1.82) is 0 Å². The van der Waals surface area contributed by atoms with Gasteiger partial charge in [0.15, 0.2) is 5.82 Å². The molecule has 0 unspecified atom stereocenters. The van der Waals surface area contributed by atoms with Crippen LogP contribution in [-0.4, -0.2) is 26.5 Å². The Kier molecular flexibility index (Phi) is 2.30. The largest absolute Gasteiger partial charge is 0.301 e. The van der Waals surface area contributed by atoms with Crippen LogP contribution >= 0.6 is 0 Å². The Hall–Kier alpha value is -1.26. The Morgan fingerprint density at radius 3 is 2.82 bits per heavy atom. The maximum absolute atomic E-state index is 10.0. The minimum Gasteiger partial charge on any atom is -0.301 e. The van der Waals surface area contributed by atoms with Crippen LogP contribution in [0, 0.1) is 0 Å². The van der Waals surface area contributed by atoms with Gasteiger partial charge in [-0.25, -0.2) is 0 Å². The van der Waals surface area contributed by atoms with Gasteiger partial charge < -0.3 is 4.79 Å². The number of hydrogen-bond donors (Lipinski definition) is 0. The fourth-order valence-corrected chi connectivity index (χ4v) is 0.631. The lowest BCUT2D eigenvalue weighted by atomic mass is 10.2. The van der Waals surface area contributed by atoms with Gasteiger partial charge in [0, 0.05) is 5.92 Å². The molecule has 0 amide bonds. The molecule has 0 saturated carbocycles. The number of carbonyl (C=O) groups excluding carboxylic acids is 1. The molecule has 1 heterocycles. The highest BCUT2D eigenvalue weighted by atomic mass is 16.1. The third-order valence-corrected chi connectivity index (χ3v) is 1.22. The van der Waals surface area contributed by atoms with E-state index in [2.05, 4.69) is 15.4 Å². The van der Waals surface area contributed by atoms with Crippen LogP contribution in [0.3, 0.4) is 0 Å². The third-order valence-electron chi connectivity index (χ3n) is 1.22. The van der Waals surface area contributed by atoms with Gasteiger partial charge in [0.1, 0.15) is 12.8 Å². The number of hydrogen-bond acceptors (Lipinski definition) is 4. The maximum atomic E-state index is 10.0. The highest BCUT2D eigenvalue weighted by molar-refractivity contribution is 5.48. The first-order chi connectivity index (χ1) is 5.24. The van der Waals surface area contributed by atoms with Crippen molar-refractivity contribution < 1.29 is 4.79 Å². The number of carbonyl (C=O) groups is 1. The predicted molar refractivity (Wildman–Crippen MR) is 38.0 cm³/mol. The molecule has 5 heteroatoms. The molecule has 0 spiro atoms. The number of nitrogens with zero attached hydrogens (tertiary/aromatic N) is 4. The lowest BCUT2D eigenvalue weighted by Gasteiger charge is -1.92. The molecule has 1 aromatic rings. The Morgan fingerprint density at radius 2 is 2.36 bits per heavy atom. The molecule has 1 rings (SSSR count). The summed E-state index contributed by atoms with van der Waals surface area (Å²) in [5.74, 6) is 0.933. The van der Waals surface area contributed by atoms with E-state index < -0.39 is 0 Å². The van der Waals surface area contributed by atoms with Gasteiger partial charge in [-0.3, -0.25) is 0 Å². The van der Waals surface area contributed by atoms with E-state index in [0.717, 1.165) is 6.29 Å². The standard InChI is InChI=1S/C6H10N4O/c1-5(2)6-7-9-10(8-6)3-4-11/h4-5H,3H2,1-2H3. The van der Waals surface area contributed by atoms with E-state index in [1.165, 1.54) is 4.80 Å². The van der Waals surface area contributed by atoms with Crippen LogP contribution in [0.2, 0.25) is 0 Å². The van der Waals surface area contributed by atoms with Gasteiger partial charge in [-0.1, -0.05) is 13.8 Å². The highest BCUT2D eigenvalue weighted by Crippen LogP contribution is 2.04. The fourth-order valence-electron chi connectivity index (χ4n) is 0.631. The van der Waals surface area contributed by atoms with Gasteiger partial charge in [-0.15, -0.1) is 10.2 Å². The quantitative estimate of drug-likeness (QED) is 0.575. The zero-order valence-corrected chi connectivity index (χ0v) is 6.56.